The standard InChI is InChI=1S/C34H50N4O.C2H6/c1-10-17-23-37(9)32(18-11-2)29(16-7)25-31(28(14-5)15-6)24-27(8)36-34(39)30-19-20-35-33(26-30)38(21-12-3)22-13-4;1-2/h14-20,23-26H,5,10-13,21-22H2,1-4,6-9H3,(H,36,39);1-2H3/b23-17+,27-24+,28-15-,29-16+,31-25-,32-18-;. The maximum absolute atomic E-state index is 13.2. The van der Waals surface area contributed by atoms with Gasteiger partial charge in [-0.25, -0.2) is 4.98 Å². The Kier molecular flexibility index (Phi) is 20.2. The average molecular weight is 561 g/mol. The largest absolute Gasteiger partial charge is 0.357 e. The van der Waals surface area contributed by atoms with Gasteiger partial charge in [0, 0.05) is 43.3 Å². The van der Waals surface area contributed by atoms with Crippen molar-refractivity contribution in [2.45, 2.75) is 88.0 Å². The number of amides is 1. The number of anilines is 1. The molecule has 1 N–H and O–H groups in total. The van der Waals surface area contributed by atoms with Gasteiger partial charge in [-0.2, -0.15) is 0 Å². The van der Waals surface area contributed by atoms with E-state index in [-0.39, 0.29) is 5.91 Å². The smallest absolute Gasteiger partial charge is 0.255 e. The molecule has 0 aliphatic heterocycles. The average Bonchev–Trinajstić information content (AvgIpc) is 2.98. The lowest BCUT2D eigenvalue weighted by Crippen LogP contribution is -2.27. The van der Waals surface area contributed by atoms with Gasteiger partial charge in [-0.1, -0.05) is 78.5 Å². The molecule has 226 valence electrons. The van der Waals surface area contributed by atoms with Crippen LogP contribution in [0.4, 0.5) is 5.82 Å². The fourth-order valence-corrected chi connectivity index (χ4v) is 4.22. The number of aromatic nitrogens is 1. The molecule has 0 radical (unpaired) electrons. The van der Waals surface area contributed by atoms with Gasteiger partial charge in [-0.15, -0.1) is 0 Å². The van der Waals surface area contributed by atoms with E-state index in [0.29, 0.717) is 5.56 Å². The third-order valence-corrected chi connectivity index (χ3v) is 6.13. The summed E-state index contributed by atoms with van der Waals surface area (Å²) in [4.78, 5) is 22.1. The molecule has 5 nitrogen and oxygen atoms in total. The monoisotopic (exact) mass is 560 g/mol. The van der Waals surface area contributed by atoms with E-state index in [1.165, 1.54) is 0 Å². The number of carbonyl (C=O) groups excluding carboxylic acids is 1. The molecule has 0 bridgehead atoms. The molecule has 0 spiro atoms. The number of rotatable bonds is 16. The van der Waals surface area contributed by atoms with E-state index in [0.717, 1.165) is 72.7 Å². The molecule has 0 atom stereocenters. The van der Waals surface area contributed by atoms with Crippen LogP contribution in [0.2, 0.25) is 0 Å². The van der Waals surface area contributed by atoms with Crippen LogP contribution in [0.1, 0.15) is 98.4 Å². The van der Waals surface area contributed by atoms with Crippen molar-refractivity contribution in [2.24, 2.45) is 0 Å². The van der Waals surface area contributed by atoms with Gasteiger partial charge in [0.25, 0.3) is 5.91 Å². The van der Waals surface area contributed by atoms with Crippen molar-refractivity contribution in [2.75, 3.05) is 25.0 Å². The first-order valence-electron chi connectivity index (χ1n) is 15.3. The van der Waals surface area contributed by atoms with Crippen LogP contribution in [0.25, 0.3) is 0 Å². The zero-order valence-corrected chi connectivity index (χ0v) is 27.6. The molecule has 0 aromatic carbocycles. The lowest BCUT2D eigenvalue weighted by molar-refractivity contribution is 0.0966. The van der Waals surface area contributed by atoms with Crippen molar-refractivity contribution >= 4 is 11.7 Å². The van der Waals surface area contributed by atoms with Crippen LogP contribution < -0.4 is 10.2 Å². The first-order chi connectivity index (χ1) is 19.8. The summed E-state index contributed by atoms with van der Waals surface area (Å²) < 4.78 is 0. The van der Waals surface area contributed by atoms with E-state index in [9.17, 15) is 4.79 Å². The van der Waals surface area contributed by atoms with E-state index in [2.05, 4.69) is 91.9 Å². The Morgan fingerprint density at radius 2 is 1.61 bits per heavy atom. The Hall–Kier alpha value is -3.60. The normalized spacial score (nSPS) is 13.1. The second-order valence-corrected chi connectivity index (χ2v) is 9.36. The lowest BCUT2D eigenvalue weighted by atomic mass is 9.99. The van der Waals surface area contributed by atoms with Gasteiger partial charge in [0.05, 0.1) is 0 Å². The maximum Gasteiger partial charge on any atom is 0.255 e. The Labute approximate surface area is 251 Å². The fraction of sp³-hybridized carbons (Fsp3) is 0.444. The van der Waals surface area contributed by atoms with E-state index < -0.39 is 0 Å². The molecule has 0 saturated heterocycles. The zero-order valence-electron chi connectivity index (χ0n) is 27.6. The van der Waals surface area contributed by atoms with Crippen LogP contribution in [-0.4, -0.2) is 35.9 Å². The topological polar surface area (TPSA) is 48.5 Å². The van der Waals surface area contributed by atoms with Crippen molar-refractivity contribution < 1.29 is 4.79 Å². The number of likely N-dealkylation sites (N-methyl/N-ethyl adjacent to an activating group) is 1. The van der Waals surface area contributed by atoms with Crippen LogP contribution in [0.5, 0.6) is 0 Å². The number of nitrogens with zero attached hydrogens (tertiary/aromatic N) is 3. The van der Waals surface area contributed by atoms with Gasteiger partial charge in [0.15, 0.2) is 0 Å². The number of allylic oxidation sites excluding steroid dienone is 10. The molecule has 0 saturated carbocycles. The first-order valence-corrected chi connectivity index (χ1v) is 15.3. The van der Waals surface area contributed by atoms with E-state index in [1.807, 2.05) is 58.9 Å². The van der Waals surface area contributed by atoms with Gasteiger partial charge < -0.3 is 15.1 Å². The molecule has 1 amide bonds. The molecule has 0 unspecified atom stereocenters. The quantitative estimate of drug-likeness (QED) is 0.205. The number of pyridine rings is 1. The highest BCUT2D eigenvalue weighted by Crippen LogP contribution is 2.24. The summed E-state index contributed by atoms with van der Waals surface area (Å²) in [6.07, 6.45) is 22.3. The molecule has 1 heterocycles. The highest BCUT2D eigenvalue weighted by Gasteiger charge is 2.13. The van der Waals surface area contributed by atoms with E-state index in [4.69, 9.17) is 0 Å². The first kappa shape index (κ1) is 37.4. The number of hydrogen-bond donors (Lipinski definition) is 1. The minimum absolute atomic E-state index is 0.150. The van der Waals surface area contributed by atoms with Crippen LogP contribution in [-0.2, 0) is 0 Å². The lowest BCUT2D eigenvalue weighted by Gasteiger charge is -2.22. The van der Waals surface area contributed by atoms with Gasteiger partial charge in [-0.3, -0.25) is 4.79 Å². The highest BCUT2D eigenvalue weighted by molar-refractivity contribution is 5.95. The van der Waals surface area contributed by atoms with Crippen molar-refractivity contribution in [3.05, 3.63) is 107 Å². The summed E-state index contributed by atoms with van der Waals surface area (Å²) in [5.74, 6) is 0.688. The summed E-state index contributed by atoms with van der Waals surface area (Å²) in [6.45, 7) is 24.4. The predicted octanol–water partition coefficient (Wildman–Crippen LogP) is 9.52. The van der Waals surface area contributed by atoms with E-state index in [1.54, 1.807) is 12.3 Å². The van der Waals surface area contributed by atoms with Gasteiger partial charge in [0.1, 0.15) is 5.82 Å². The van der Waals surface area contributed by atoms with Crippen LogP contribution in [0, 0.1) is 0 Å². The van der Waals surface area contributed by atoms with Crippen molar-refractivity contribution in [1.82, 2.24) is 15.2 Å². The van der Waals surface area contributed by atoms with Gasteiger partial charge in [0.2, 0.25) is 0 Å². The zero-order chi connectivity index (χ0) is 31.2. The van der Waals surface area contributed by atoms with Crippen LogP contribution >= 0.6 is 0 Å². The van der Waals surface area contributed by atoms with Gasteiger partial charge >= 0.3 is 0 Å². The third-order valence-electron chi connectivity index (χ3n) is 6.13. The summed E-state index contributed by atoms with van der Waals surface area (Å²) in [5.41, 5.74) is 5.53. The second-order valence-electron chi connectivity index (χ2n) is 9.36. The Balaban J connectivity index is 0.00000781. The van der Waals surface area contributed by atoms with Crippen LogP contribution in [0.3, 0.4) is 0 Å². The molecule has 0 fully saturated rings. The summed E-state index contributed by atoms with van der Waals surface area (Å²) in [5, 5.41) is 3.07. The van der Waals surface area contributed by atoms with Crippen molar-refractivity contribution in [1.29, 1.82) is 0 Å². The molecule has 0 aliphatic rings. The number of carbonyl (C=O) groups is 1. The number of hydrogen-bond acceptors (Lipinski definition) is 4. The molecule has 1 aromatic heterocycles. The summed E-state index contributed by atoms with van der Waals surface area (Å²) >= 11 is 0. The SMILES string of the molecule is C=CC(=C/C)/C(=C\C(=C/C)C(=C\CC)\N(C)/C=C/CC)/C=C(\C)NC(=O)c1ccnc(N(CCC)CCC)c1.CC. The molecular formula is C36H56N4O. The Morgan fingerprint density at radius 1 is 0.976 bits per heavy atom. The molecule has 0 aliphatic carbocycles. The molecular weight excluding hydrogens is 504 g/mol. The minimum atomic E-state index is -0.150. The second kappa shape index (κ2) is 22.1. The molecule has 5 heteroatoms. The Bertz CT molecular complexity index is 1110. The maximum atomic E-state index is 13.2. The highest BCUT2D eigenvalue weighted by atomic mass is 16.1. The summed E-state index contributed by atoms with van der Waals surface area (Å²) in [7, 11) is 2.07. The third kappa shape index (κ3) is 13.1. The molecule has 1 rings (SSSR count). The Morgan fingerprint density at radius 3 is 2.12 bits per heavy atom. The van der Waals surface area contributed by atoms with Crippen molar-refractivity contribution in [3.63, 3.8) is 0 Å². The van der Waals surface area contributed by atoms with Crippen molar-refractivity contribution in [3.8, 4) is 0 Å². The molecule has 41 heavy (non-hydrogen) atoms. The minimum Gasteiger partial charge on any atom is -0.357 e. The van der Waals surface area contributed by atoms with Gasteiger partial charge in [-0.05, 0) is 93.7 Å². The van der Waals surface area contributed by atoms with Crippen LogP contribution in [0.15, 0.2) is 102 Å². The predicted molar refractivity (Wildman–Crippen MR) is 181 cm³/mol. The fourth-order valence-electron chi connectivity index (χ4n) is 4.22. The molecule has 1 aromatic rings. The number of nitrogens with one attached hydrogen (secondary N) is 1. The summed E-state index contributed by atoms with van der Waals surface area (Å²) in [6, 6.07) is 3.64. The van der Waals surface area contributed by atoms with E-state index >= 15 is 0 Å².